The second-order valence-electron chi connectivity index (χ2n) is 4.67. The maximum atomic E-state index is 5.53. The van der Waals surface area contributed by atoms with Crippen LogP contribution in [0.25, 0.3) is 0 Å². The van der Waals surface area contributed by atoms with Gasteiger partial charge in [-0.15, -0.1) is 0 Å². The third kappa shape index (κ3) is 3.54. The van der Waals surface area contributed by atoms with Crippen LogP contribution in [0, 0.1) is 6.92 Å². The summed E-state index contributed by atoms with van der Waals surface area (Å²) in [6, 6.07) is 4.26. The second-order valence-corrected chi connectivity index (χ2v) is 4.67. The van der Waals surface area contributed by atoms with E-state index in [0.717, 1.165) is 29.0 Å². The van der Waals surface area contributed by atoms with Crippen molar-refractivity contribution in [2.45, 2.75) is 26.8 Å². The molecule has 0 aliphatic heterocycles. The summed E-state index contributed by atoms with van der Waals surface area (Å²) >= 11 is 0. The molecule has 1 N–H and O–H groups in total. The molecule has 2 aromatic rings. The summed E-state index contributed by atoms with van der Waals surface area (Å²) in [7, 11) is 0. The highest BCUT2D eigenvalue weighted by Crippen LogP contribution is 2.24. The molecule has 1 unspecified atom stereocenters. The van der Waals surface area contributed by atoms with Crippen LogP contribution in [0.15, 0.2) is 36.9 Å². The monoisotopic (exact) mass is 271 g/mol. The standard InChI is InChI=1S/C16H21N3O/c1-4-19-16(13-6-12(3)8-17-9-13)14-7-15(20-5-2)11-18-10-14/h6-11,16,19H,4-5H2,1-3H3. The molecule has 0 spiro atoms. The molecule has 2 aromatic heterocycles. The molecule has 0 saturated heterocycles. The van der Waals surface area contributed by atoms with Crippen LogP contribution in [0.5, 0.6) is 5.75 Å². The van der Waals surface area contributed by atoms with Crippen LogP contribution in [0.1, 0.15) is 36.6 Å². The van der Waals surface area contributed by atoms with Crippen LogP contribution >= 0.6 is 0 Å². The van der Waals surface area contributed by atoms with Crippen LogP contribution in [-0.4, -0.2) is 23.1 Å². The van der Waals surface area contributed by atoms with E-state index in [1.807, 2.05) is 38.5 Å². The lowest BCUT2D eigenvalue weighted by Crippen LogP contribution is -2.22. The van der Waals surface area contributed by atoms with E-state index in [1.165, 1.54) is 0 Å². The second kappa shape index (κ2) is 7.01. The molecule has 0 aliphatic rings. The summed E-state index contributed by atoms with van der Waals surface area (Å²) < 4.78 is 5.53. The van der Waals surface area contributed by atoms with Gasteiger partial charge in [0.2, 0.25) is 0 Å². The lowest BCUT2D eigenvalue weighted by atomic mass is 10.0. The van der Waals surface area contributed by atoms with Gasteiger partial charge in [-0.3, -0.25) is 9.97 Å². The van der Waals surface area contributed by atoms with E-state index in [2.05, 4.69) is 28.3 Å². The Bertz CT molecular complexity index is 557. The highest BCUT2D eigenvalue weighted by atomic mass is 16.5. The van der Waals surface area contributed by atoms with Gasteiger partial charge in [-0.2, -0.15) is 0 Å². The Morgan fingerprint density at radius 3 is 2.40 bits per heavy atom. The van der Waals surface area contributed by atoms with E-state index in [-0.39, 0.29) is 6.04 Å². The minimum absolute atomic E-state index is 0.0836. The number of pyridine rings is 2. The van der Waals surface area contributed by atoms with Crippen molar-refractivity contribution in [1.29, 1.82) is 0 Å². The third-order valence-corrected chi connectivity index (χ3v) is 3.02. The summed E-state index contributed by atoms with van der Waals surface area (Å²) in [5.41, 5.74) is 3.38. The smallest absolute Gasteiger partial charge is 0.137 e. The number of aryl methyl sites for hydroxylation is 1. The van der Waals surface area contributed by atoms with Crippen molar-refractivity contribution in [3.05, 3.63) is 53.6 Å². The van der Waals surface area contributed by atoms with Crippen molar-refractivity contribution >= 4 is 0 Å². The minimum atomic E-state index is 0.0836. The van der Waals surface area contributed by atoms with Crippen LogP contribution in [-0.2, 0) is 0 Å². The van der Waals surface area contributed by atoms with Gasteiger partial charge in [0.15, 0.2) is 0 Å². The number of nitrogens with one attached hydrogen (secondary N) is 1. The predicted octanol–water partition coefficient (Wildman–Crippen LogP) is 2.88. The molecular weight excluding hydrogens is 250 g/mol. The van der Waals surface area contributed by atoms with E-state index < -0.39 is 0 Å². The van der Waals surface area contributed by atoms with E-state index >= 15 is 0 Å². The summed E-state index contributed by atoms with van der Waals surface area (Å²) in [6.45, 7) is 7.63. The van der Waals surface area contributed by atoms with Crippen molar-refractivity contribution in [3.63, 3.8) is 0 Å². The van der Waals surface area contributed by atoms with Crippen molar-refractivity contribution in [1.82, 2.24) is 15.3 Å². The Hall–Kier alpha value is -1.94. The number of hydrogen-bond acceptors (Lipinski definition) is 4. The van der Waals surface area contributed by atoms with Gasteiger partial charge >= 0.3 is 0 Å². The van der Waals surface area contributed by atoms with Crippen molar-refractivity contribution in [3.8, 4) is 5.75 Å². The fraction of sp³-hybridized carbons (Fsp3) is 0.375. The number of nitrogens with zero attached hydrogens (tertiary/aromatic N) is 2. The Balaban J connectivity index is 2.35. The molecule has 0 fully saturated rings. The lowest BCUT2D eigenvalue weighted by molar-refractivity contribution is 0.338. The van der Waals surface area contributed by atoms with Gasteiger partial charge < -0.3 is 10.1 Å². The molecular formula is C16H21N3O. The summed E-state index contributed by atoms with van der Waals surface area (Å²) in [5.74, 6) is 0.800. The molecule has 2 heterocycles. The summed E-state index contributed by atoms with van der Waals surface area (Å²) in [6.07, 6.45) is 7.37. The van der Waals surface area contributed by atoms with Crippen LogP contribution in [0.4, 0.5) is 0 Å². The Labute approximate surface area is 120 Å². The maximum Gasteiger partial charge on any atom is 0.137 e. The van der Waals surface area contributed by atoms with Crippen LogP contribution in [0.3, 0.4) is 0 Å². The van der Waals surface area contributed by atoms with Crippen LogP contribution < -0.4 is 10.1 Å². The van der Waals surface area contributed by atoms with Gasteiger partial charge in [0, 0.05) is 18.6 Å². The number of hydrogen-bond donors (Lipinski definition) is 1. The number of ether oxygens (including phenoxy) is 1. The first kappa shape index (κ1) is 14.5. The molecule has 0 radical (unpaired) electrons. The van der Waals surface area contributed by atoms with Gasteiger partial charge in [-0.1, -0.05) is 13.0 Å². The van der Waals surface area contributed by atoms with E-state index in [4.69, 9.17) is 4.74 Å². The predicted molar refractivity (Wildman–Crippen MR) is 79.9 cm³/mol. The molecule has 4 nitrogen and oxygen atoms in total. The fourth-order valence-electron chi connectivity index (χ4n) is 2.21. The van der Waals surface area contributed by atoms with Gasteiger partial charge in [0.1, 0.15) is 5.75 Å². The normalized spacial score (nSPS) is 12.2. The van der Waals surface area contributed by atoms with E-state index in [9.17, 15) is 0 Å². The third-order valence-electron chi connectivity index (χ3n) is 3.02. The quantitative estimate of drug-likeness (QED) is 0.877. The first-order chi connectivity index (χ1) is 9.74. The zero-order chi connectivity index (χ0) is 14.4. The average molecular weight is 271 g/mol. The van der Waals surface area contributed by atoms with Crippen molar-refractivity contribution < 1.29 is 4.74 Å². The Morgan fingerprint density at radius 1 is 1.05 bits per heavy atom. The van der Waals surface area contributed by atoms with Gasteiger partial charge in [0.05, 0.1) is 18.8 Å². The first-order valence-corrected chi connectivity index (χ1v) is 6.97. The molecule has 0 bridgehead atoms. The maximum absolute atomic E-state index is 5.53. The molecule has 0 saturated carbocycles. The summed E-state index contributed by atoms with van der Waals surface area (Å²) in [4.78, 5) is 8.55. The molecule has 20 heavy (non-hydrogen) atoms. The van der Waals surface area contributed by atoms with Crippen LogP contribution in [0.2, 0.25) is 0 Å². The molecule has 2 rings (SSSR count). The molecule has 0 aromatic carbocycles. The van der Waals surface area contributed by atoms with Gasteiger partial charge in [-0.05, 0) is 43.1 Å². The lowest BCUT2D eigenvalue weighted by Gasteiger charge is -2.19. The highest BCUT2D eigenvalue weighted by molar-refractivity contribution is 5.34. The Kier molecular flexibility index (Phi) is 5.07. The Morgan fingerprint density at radius 2 is 1.75 bits per heavy atom. The van der Waals surface area contributed by atoms with E-state index in [1.54, 1.807) is 6.20 Å². The zero-order valence-electron chi connectivity index (χ0n) is 12.3. The minimum Gasteiger partial charge on any atom is -0.492 e. The van der Waals surface area contributed by atoms with E-state index in [0.29, 0.717) is 6.61 Å². The average Bonchev–Trinajstić information content (AvgIpc) is 2.45. The zero-order valence-corrected chi connectivity index (χ0v) is 12.3. The fourth-order valence-corrected chi connectivity index (χ4v) is 2.21. The molecule has 106 valence electrons. The molecule has 1 atom stereocenters. The first-order valence-electron chi connectivity index (χ1n) is 6.97. The topological polar surface area (TPSA) is 47.0 Å². The summed E-state index contributed by atoms with van der Waals surface area (Å²) in [5, 5.41) is 3.48. The van der Waals surface area contributed by atoms with Crippen molar-refractivity contribution in [2.75, 3.05) is 13.2 Å². The van der Waals surface area contributed by atoms with Crippen molar-refractivity contribution in [2.24, 2.45) is 0 Å². The SMILES string of the molecule is CCNC(c1cncc(C)c1)c1cncc(OCC)c1. The van der Waals surface area contributed by atoms with Gasteiger partial charge in [-0.25, -0.2) is 0 Å². The molecule has 4 heteroatoms. The molecule has 0 amide bonds. The largest absolute Gasteiger partial charge is 0.492 e. The number of rotatable bonds is 6. The highest BCUT2D eigenvalue weighted by Gasteiger charge is 2.14. The number of aromatic nitrogens is 2. The van der Waals surface area contributed by atoms with Gasteiger partial charge in [0.25, 0.3) is 0 Å². The molecule has 0 aliphatic carbocycles.